The molecule has 0 radical (unpaired) electrons. The maximum Gasteiger partial charge on any atom is 0.330 e. The number of hydrazine groups is 1. The Morgan fingerprint density at radius 3 is 2.52 bits per heavy atom. The lowest BCUT2D eigenvalue weighted by atomic mass is 10.1. The van der Waals surface area contributed by atoms with E-state index in [4.69, 9.17) is 17.0 Å². The second-order valence-electron chi connectivity index (χ2n) is 5.79. The van der Waals surface area contributed by atoms with Crippen molar-refractivity contribution in [3.63, 3.8) is 0 Å². The highest BCUT2D eigenvalue weighted by Gasteiger charge is 2.15. The Morgan fingerprint density at radius 2 is 1.79 bits per heavy atom. The summed E-state index contributed by atoms with van der Waals surface area (Å²) in [6.07, 6.45) is 1.13. The van der Waals surface area contributed by atoms with E-state index in [0.29, 0.717) is 5.75 Å². The smallest absolute Gasteiger partial charge is 0.330 e. The predicted molar refractivity (Wildman–Crippen MR) is 112 cm³/mol. The predicted octanol–water partition coefficient (Wildman–Crippen LogP) is 1.75. The van der Waals surface area contributed by atoms with Gasteiger partial charge in [-0.2, -0.15) is 0 Å². The van der Waals surface area contributed by atoms with Gasteiger partial charge in [0, 0.05) is 12.2 Å². The van der Waals surface area contributed by atoms with Crippen molar-refractivity contribution in [2.75, 3.05) is 6.61 Å². The summed E-state index contributed by atoms with van der Waals surface area (Å²) in [7, 11) is 0. The molecule has 1 unspecified atom stereocenters. The van der Waals surface area contributed by atoms with E-state index in [1.165, 1.54) is 0 Å². The largest absolute Gasteiger partial charge is 0.481 e. The number of carbonyl (C=O) groups is 3. The average Bonchev–Trinajstić information content (AvgIpc) is 2.70. The molecule has 0 saturated carbocycles. The number of esters is 1. The monoisotopic (exact) mass is 415 g/mol. The summed E-state index contributed by atoms with van der Waals surface area (Å²) in [4.78, 5) is 34.9. The van der Waals surface area contributed by atoms with Gasteiger partial charge in [-0.25, -0.2) is 4.79 Å². The zero-order valence-corrected chi connectivity index (χ0v) is 16.7. The molecule has 2 aromatic carbocycles. The molecule has 2 aromatic rings. The second-order valence-corrected chi connectivity index (χ2v) is 6.20. The molecule has 0 aliphatic rings. The Kier molecular flexibility index (Phi) is 8.11. The van der Waals surface area contributed by atoms with E-state index in [1.807, 2.05) is 36.4 Å². The topological polar surface area (TPSA) is 106 Å². The van der Waals surface area contributed by atoms with Crippen molar-refractivity contribution in [1.29, 1.82) is 0 Å². The van der Waals surface area contributed by atoms with E-state index in [2.05, 4.69) is 20.9 Å². The first-order valence-corrected chi connectivity index (χ1v) is 9.21. The molecule has 0 fully saturated rings. The molecule has 3 N–H and O–H groups in total. The van der Waals surface area contributed by atoms with Crippen LogP contribution in [0.3, 0.4) is 0 Å². The minimum absolute atomic E-state index is 0.144. The molecular formula is C20H21N3O5S. The molecule has 9 heteroatoms. The van der Waals surface area contributed by atoms with Gasteiger partial charge in [0.1, 0.15) is 5.75 Å². The molecule has 2 rings (SSSR count). The summed E-state index contributed by atoms with van der Waals surface area (Å²) >= 11 is 4.90. The highest BCUT2D eigenvalue weighted by Crippen LogP contribution is 2.21. The Hall–Kier alpha value is -3.46. The molecule has 0 heterocycles. The molecule has 0 bridgehead atoms. The van der Waals surface area contributed by atoms with Gasteiger partial charge in [-0.15, -0.1) is 0 Å². The fraction of sp³-hybridized carbons (Fsp3) is 0.200. The van der Waals surface area contributed by atoms with Crippen LogP contribution in [-0.2, 0) is 19.1 Å². The molecule has 1 atom stereocenters. The van der Waals surface area contributed by atoms with E-state index in [1.54, 1.807) is 19.9 Å². The minimum atomic E-state index is -0.814. The summed E-state index contributed by atoms with van der Waals surface area (Å²) in [6.45, 7) is 3.43. The molecular weight excluding hydrogens is 394 g/mol. The quantitative estimate of drug-likeness (QED) is 0.286. The molecule has 8 nitrogen and oxygen atoms in total. The first-order valence-electron chi connectivity index (χ1n) is 8.80. The number of ether oxygens (including phenoxy) is 2. The number of fused-ring (bicyclic) bond motifs is 1. The lowest BCUT2D eigenvalue weighted by Crippen LogP contribution is -2.51. The zero-order chi connectivity index (χ0) is 21.2. The maximum absolute atomic E-state index is 12.1. The van der Waals surface area contributed by atoms with Crippen LogP contribution in [-0.4, -0.2) is 35.6 Å². The van der Waals surface area contributed by atoms with Crippen LogP contribution < -0.4 is 20.9 Å². The van der Waals surface area contributed by atoms with Crippen LogP contribution in [0, 0.1) is 0 Å². The van der Waals surface area contributed by atoms with Crippen molar-refractivity contribution in [2.24, 2.45) is 0 Å². The standard InChI is InChI=1S/C20H21N3O5S/c1-3-27-18(25)11-10-17(24)21-20(29)23-22-19(26)13(2)28-16-9-8-14-6-4-5-7-15(14)12-16/h4-13H,3H2,1-2H3,(H,22,26)(H2,21,23,24,29). The van der Waals surface area contributed by atoms with Gasteiger partial charge in [-0.1, -0.05) is 30.3 Å². The van der Waals surface area contributed by atoms with Gasteiger partial charge in [0.05, 0.1) is 6.61 Å². The number of nitrogens with one attached hydrogen (secondary N) is 3. The molecule has 0 aromatic heterocycles. The summed E-state index contributed by atoms with van der Waals surface area (Å²) < 4.78 is 10.3. The molecule has 0 saturated heterocycles. The third-order valence-electron chi connectivity index (χ3n) is 3.60. The lowest BCUT2D eigenvalue weighted by molar-refractivity contribution is -0.137. The number of amides is 2. The number of benzene rings is 2. The van der Waals surface area contributed by atoms with Crippen LogP contribution in [0.5, 0.6) is 5.75 Å². The van der Waals surface area contributed by atoms with Crippen LogP contribution >= 0.6 is 12.2 Å². The fourth-order valence-corrected chi connectivity index (χ4v) is 2.39. The number of hydrogen-bond acceptors (Lipinski definition) is 6. The van der Waals surface area contributed by atoms with Gasteiger partial charge in [0.2, 0.25) is 5.91 Å². The van der Waals surface area contributed by atoms with Crippen molar-refractivity contribution >= 4 is 45.9 Å². The summed E-state index contributed by atoms with van der Waals surface area (Å²) in [5.74, 6) is -1.23. The Bertz CT molecular complexity index is 945. The molecule has 0 aliphatic heterocycles. The highest BCUT2D eigenvalue weighted by molar-refractivity contribution is 7.80. The van der Waals surface area contributed by atoms with Gasteiger partial charge in [0.15, 0.2) is 11.2 Å². The lowest BCUT2D eigenvalue weighted by Gasteiger charge is -2.16. The molecule has 29 heavy (non-hydrogen) atoms. The third-order valence-corrected chi connectivity index (χ3v) is 3.80. The summed E-state index contributed by atoms with van der Waals surface area (Å²) in [6, 6.07) is 13.3. The Balaban J connectivity index is 1.79. The number of carbonyl (C=O) groups excluding carboxylic acids is 3. The Morgan fingerprint density at radius 1 is 1.07 bits per heavy atom. The normalized spacial score (nSPS) is 11.5. The van der Waals surface area contributed by atoms with Crippen LogP contribution in [0.15, 0.2) is 54.6 Å². The van der Waals surface area contributed by atoms with Gasteiger partial charge in [0.25, 0.3) is 5.91 Å². The van der Waals surface area contributed by atoms with Gasteiger partial charge < -0.3 is 9.47 Å². The third kappa shape index (κ3) is 7.23. The Labute approximate surface area is 173 Å². The van der Waals surface area contributed by atoms with Crippen molar-refractivity contribution in [3.8, 4) is 5.75 Å². The number of thiocarbonyl (C=S) groups is 1. The van der Waals surface area contributed by atoms with Crippen molar-refractivity contribution < 1.29 is 23.9 Å². The average molecular weight is 415 g/mol. The van der Waals surface area contributed by atoms with E-state index >= 15 is 0 Å². The first kappa shape index (κ1) is 21.8. The van der Waals surface area contributed by atoms with Crippen LogP contribution in [0.2, 0.25) is 0 Å². The maximum atomic E-state index is 12.1. The van der Waals surface area contributed by atoms with Crippen LogP contribution in [0.1, 0.15) is 13.8 Å². The first-order chi connectivity index (χ1) is 13.9. The molecule has 0 spiro atoms. The van der Waals surface area contributed by atoms with E-state index < -0.39 is 23.9 Å². The van der Waals surface area contributed by atoms with Crippen molar-refractivity contribution in [3.05, 3.63) is 54.6 Å². The second kappa shape index (κ2) is 10.8. The molecule has 0 aliphatic carbocycles. The minimum Gasteiger partial charge on any atom is -0.481 e. The highest BCUT2D eigenvalue weighted by atomic mass is 32.1. The van der Waals surface area contributed by atoms with Gasteiger partial charge in [-0.05, 0) is 49.0 Å². The summed E-state index contributed by atoms with van der Waals surface area (Å²) in [5.41, 5.74) is 4.74. The van der Waals surface area contributed by atoms with Gasteiger partial charge >= 0.3 is 5.97 Å². The number of hydrogen-bond donors (Lipinski definition) is 3. The SMILES string of the molecule is CCOC(=O)C=CC(=O)NC(=S)NNC(=O)C(C)Oc1ccc2ccccc2c1. The van der Waals surface area contributed by atoms with Crippen LogP contribution in [0.4, 0.5) is 0 Å². The van der Waals surface area contributed by atoms with Crippen molar-refractivity contribution in [1.82, 2.24) is 16.2 Å². The van der Waals surface area contributed by atoms with E-state index in [-0.39, 0.29) is 11.7 Å². The fourth-order valence-electron chi connectivity index (χ4n) is 2.24. The molecule has 152 valence electrons. The summed E-state index contributed by atoms with van der Waals surface area (Å²) in [5, 5.41) is 4.19. The molecule has 2 amide bonds. The van der Waals surface area contributed by atoms with Crippen LogP contribution in [0.25, 0.3) is 10.8 Å². The number of rotatable bonds is 6. The zero-order valence-electron chi connectivity index (χ0n) is 15.9. The van der Waals surface area contributed by atoms with Crippen molar-refractivity contribution in [2.45, 2.75) is 20.0 Å². The van der Waals surface area contributed by atoms with E-state index in [9.17, 15) is 14.4 Å². The van der Waals surface area contributed by atoms with E-state index in [0.717, 1.165) is 22.9 Å². The van der Waals surface area contributed by atoms with Gasteiger partial charge in [-0.3, -0.25) is 25.8 Å².